The molecule has 1 rings (SSSR count). The summed E-state index contributed by atoms with van der Waals surface area (Å²) in [4.78, 5) is 1.98. The molecule has 0 aliphatic rings. The zero-order valence-corrected chi connectivity index (χ0v) is 9.82. The van der Waals surface area contributed by atoms with Crippen LogP contribution in [-0.2, 0) is 23.5 Å². The van der Waals surface area contributed by atoms with Crippen LogP contribution in [0.5, 0.6) is 0 Å². The second kappa shape index (κ2) is 4.25. The van der Waals surface area contributed by atoms with E-state index in [0.717, 1.165) is 6.54 Å². The molecule has 0 fully saturated rings. The van der Waals surface area contributed by atoms with Crippen LogP contribution in [0.1, 0.15) is 5.82 Å². The fraction of sp³-hybridized carbons (Fsp3) is 0.714. The van der Waals surface area contributed by atoms with E-state index in [1.165, 1.54) is 4.57 Å². The number of rotatable bonds is 4. The molecule has 86 valence electrons. The molecule has 0 unspecified atom stereocenters. The van der Waals surface area contributed by atoms with E-state index >= 15 is 0 Å². The predicted octanol–water partition coefficient (Wildman–Crippen LogP) is -1.43. The van der Waals surface area contributed by atoms with Crippen LogP contribution >= 0.6 is 0 Å². The molecule has 0 amide bonds. The molecule has 7 nitrogen and oxygen atoms in total. The summed E-state index contributed by atoms with van der Waals surface area (Å²) in [6.07, 6.45) is 0.631. The van der Waals surface area contributed by atoms with Crippen molar-refractivity contribution in [1.82, 2.24) is 19.7 Å². The Morgan fingerprint density at radius 2 is 2.00 bits per heavy atom. The number of aromatic nitrogens is 3. The van der Waals surface area contributed by atoms with Crippen molar-refractivity contribution in [2.24, 2.45) is 12.2 Å². The Morgan fingerprint density at radius 3 is 2.40 bits per heavy atom. The summed E-state index contributed by atoms with van der Waals surface area (Å²) in [6.45, 7) is 0.774. The molecule has 8 heteroatoms. The van der Waals surface area contributed by atoms with Crippen LogP contribution in [-0.4, -0.2) is 48.7 Å². The summed E-state index contributed by atoms with van der Waals surface area (Å²) < 4.78 is 23.5. The second-order valence-corrected chi connectivity index (χ2v) is 5.01. The first-order valence-electron chi connectivity index (χ1n) is 4.38. The van der Waals surface area contributed by atoms with Gasteiger partial charge in [-0.25, -0.2) is 13.6 Å². The molecule has 0 aliphatic heterocycles. The van der Waals surface area contributed by atoms with Gasteiger partial charge in [-0.3, -0.25) is 0 Å². The van der Waals surface area contributed by atoms with Crippen molar-refractivity contribution in [3.8, 4) is 0 Å². The molecular formula is C7H15N5O2S. The minimum absolute atomic E-state index is 0.198. The number of hydrogen-bond donors (Lipinski definition) is 1. The van der Waals surface area contributed by atoms with Gasteiger partial charge in [0.25, 0.3) is 15.2 Å². The molecular weight excluding hydrogens is 218 g/mol. The van der Waals surface area contributed by atoms with E-state index in [0.29, 0.717) is 12.2 Å². The average Bonchev–Trinajstić information content (AvgIpc) is 2.42. The van der Waals surface area contributed by atoms with Crippen LogP contribution in [0.25, 0.3) is 0 Å². The van der Waals surface area contributed by atoms with Crippen molar-refractivity contribution in [2.45, 2.75) is 11.6 Å². The van der Waals surface area contributed by atoms with E-state index < -0.39 is 10.0 Å². The third kappa shape index (κ3) is 2.98. The molecule has 1 heterocycles. The van der Waals surface area contributed by atoms with Gasteiger partial charge in [0, 0.05) is 20.0 Å². The maximum absolute atomic E-state index is 11.0. The highest BCUT2D eigenvalue weighted by molar-refractivity contribution is 7.89. The molecule has 0 radical (unpaired) electrons. The first-order chi connectivity index (χ1) is 6.82. The lowest BCUT2D eigenvalue weighted by Crippen LogP contribution is -2.19. The molecule has 0 saturated heterocycles. The number of nitrogens with zero attached hydrogens (tertiary/aromatic N) is 4. The Bertz CT molecular complexity index is 436. The van der Waals surface area contributed by atoms with E-state index in [2.05, 4.69) is 10.2 Å². The minimum atomic E-state index is -3.78. The predicted molar refractivity (Wildman–Crippen MR) is 54.6 cm³/mol. The van der Waals surface area contributed by atoms with Gasteiger partial charge in [0.2, 0.25) is 0 Å². The average molecular weight is 233 g/mol. The molecule has 0 bridgehead atoms. The molecule has 0 aliphatic carbocycles. The minimum Gasteiger partial charge on any atom is -0.309 e. The van der Waals surface area contributed by atoms with Gasteiger partial charge < -0.3 is 9.47 Å². The zero-order chi connectivity index (χ0) is 11.6. The molecule has 15 heavy (non-hydrogen) atoms. The molecule has 2 N–H and O–H groups in total. The Hall–Kier alpha value is -0.990. The monoisotopic (exact) mass is 233 g/mol. The molecule has 0 spiro atoms. The van der Waals surface area contributed by atoms with Crippen molar-refractivity contribution < 1.29 is 8.42 Å². The lowest BCUT2D eigenvalue weighted by Gasteiger charge is -2.08. The molecule has 0 atom stereocenters. The van der Waals surface area contributed by atoms with Crippen molar-refractivity contribution in [3.05, 3.63) is 5.82 Å². The highest BCUT2D eigenvalue weighted by Gasteiger charge is 2.18. The van der Waals surface area contributed by atoms with E-state index in [4.69, 9.17) is 5.14 Å². The summed E-state index contributed by atoms with van der Waals surface area (Å²) in [5.41, 5.74) is 0. The lowest BCUT2D eigenvalue weighted by atomic mass is 10.4. The molecule has 0 aromatic carbocycles. The molecule has 0 saturated carbocycles. The first-order valence-corrected chi connectivity index (χ1v) is 5.93. The highest BCUT2D eigenvalue weighted by Crippen LogP contribution is 2.04. The third-order valence-electron chi connectivity index (χ3n) is 1.96. The smallest absolute Gasteiger partial charge is 0.273 e. The zero-order valence-electron chi connectivity index (χ0n) is 9.01. The van der Waals surface area contributed by atoms with Gasteiger partial charge >= 0.3 is 0 Å². The Balaban J connectivity index is 2.90. The normalized spacial score (nSPS) is 12.3. The van der Waals surface area contributed by atoms with Crippen LogP contribution in [0.15, 0.2) is 5.16 Å². The van der Waals surface area contributed by atoms with Crippen LogP contribution in [0.2, 0.25) is 0 Å². The van der Waals surface area contributed by atoms with Crippen molar-refractivity contribution in [3.63, 3.8) is 0 Å². The maximum atomic E-state index is 11.0. The van der Waals surface area contributed by atoms with E-state index in [1.807, 2.05) is 19.0 Å². The summed E-state index contributed by atoms with van der Waals surface area (Å²) in [6, 6.07) is 0. The fourth-order valence-corrected chi connectivity index (χ4v) is 1.78. The largest absolute Gasteiger partial charge is 0.309 e. The van der Waals surface area contributed by atoms with Crippen LogP contribution in [0, 0.1) is 0 Å². The van der Waals surface area contributed by atoms with Crippen LogP contribution < -0.4 is 5.14 Å². The van der Waals surface area contributed by atoms with Crippen molar-refractivity contribution in [2.75, 3.05) is 20.6 Å². The Kier molecular flexibility index (Phi) is 3.42. The summed E-state index contributed by atoms with van der Waals surface area (Å²) in [5.74, 6) is 0.604. The van der Waals surface area contributed by atoms with Gasteiger partial charge in [0.15, 0.2) is 0 Å². The molecule has 1 aromatic heterocycles. The van der Waals surface area contributed by atoms with Gasteiger partial charge in [-0.05, 0) is 14.1 Å². The van der Waals surface area contributed by atoms with Gasteiger partial charge in [0.1, 0.15) is 5.82 Å². The van der Waals surface area contributed by atoms with Gasteiger partial charge in [0.05, 0.1) is 0 Å². The van der Waals surface area contributed by atoms with Gasteiger partial charge in [-0.2, -0.15) is 0 Å². The highest BCUT2D eigenvalue weighted by atomic mass is 32.2. The fourth-order valence-electron chi connectivity index (χ4n) is 1.13. The Labute approximate surface area is 88.9 Å². The van der Waals surface area contributed by atoms with Crippen LogP contribution in [0.4, 0.5) is 0 Å². The van der Waals surface area contributed by atoms with E-state index in [1.54, 1.807) is 7.05 Å². The third-order valence-corrected chi connectivity index (χ3v) is 2.83. The van der Waals surface area contributed by atoms with E-state index in [-0.39, 0.29) is 5.16 Å². The quantitative estimate of drug-likeness (QED) is 0.688. The SMILES string of the molecule is CN(C)CCc1nnc(S(N)(=O)=O)n1C. The maximum Gasteiger partial charge on any atom is 0.273 e. The van der Waals surface area contributed by atoms with Crippen LogP contribution in [0.3, 0.4) is 0 Å². The lowest BCUT2D eigenvalue weighted by molar-refractivity contribution is 0.406. The number of nitrogens with two attached hydrogens (primary N) is 1. The summed E-state index contributed by atoms with van der Waals surface area (Å²) in [7, 11) is 1.67. The molecule has 1 aromatic rings. The number of hydrogen-bond acceptors (Lipinski definition) is 5. The second-order valence-electron chi connectivity index (χ2n) is 3.56. The topological polar surface area (TPSA) is 94.1 Å². The number of primary sulfonamides is 1. The standard InChI is InChI=1S/C7H15N5O2S/c1-11(2)5-4-6-9-10-7(12(6)3)15(8,13)14/h4-5H2,1-3H3,(H2,8,13,14). The van der Waals surface area contributed by atoms with Gasteiger partial charge in [-0.15, -0.1) is 10.2 Å². The number of sulfonamides is 1. The summed E-state index contributed by atoms with van der Waals surface area (Å²) in [5, 5.41) is 12.1. The Morgan fingerprint density at radius 1 is 1.40 bits per heavy atom. The first kappa shape index (κ1) is 12.1. The van der Waals surface area contributed by atoms with Crippen molar-refractivity contribution in [1.29, 1.82) is 0 Å². The summed E-state index contributed by atoms with van der Waals surface area (Å²) >= 11 is 0. The van der Waals surface area contributed by atoms with Gasteiger partial charge in [-0.1, -0.05) is 0 Å². The number of likely N-dealkylation sites (N-methyl/N-ethyl adjacent to an activating group) is 1. The van der Waals surface area contributed by atoms with Crippen molar-refractivity contribution >= 4 is 10.0 Å². The van der Waals surface area contributed by atoms with E-state index in [9.17, 15) is 8.42 Å².